The minimum absolute atomic E-state index is 0.0604. The molecule has 1 saturated heterocycles. The topological polar surface area (TPSA) is 74.6 Å². The van der Waals surface area contributed by atoms with Gasteiger partial charge < -0.3 is 20.0 Å². The molecule has 1 aliphatic heterocycles. The van der Waals surface area contributed by atoms with Gasteiger partial charge in [-0.1, -0.05) is 30.3 Å². The van der Waals surface area contributed by atoms with Gasteiger partial charge in [0.15, 0.2) is 0 Å². The maximum absolute atomic E-state index is 12.1. The smallest absolute Gasteiger partial charge is 0.315 e. The molecular formula is C17H19N3O3. The van der Waals surface area contributed by atoms with E-state index in [2.05, 4.69) is 10.6 Å². The first kappa shape index (κ1) is 15.1. The molecule has 6 nitrogen and oxygen atoms in total. The number of likely N-dealkylation sites (tertiary alicyclic amines) is 1. The lowest BCUT2D eigenvalue weighted by atomic mass is 10.2. The van der Waals surface area contributed by atoms with E-state index in [4.69, 9.17) is 4.42 Å². The number of nitrogens with zero attached hydrogens (tertiary/aromatic N) is 1. The van der Waals surface area contributed by atoms with E-state index in [1.165, 1.54) is 0 Å². The summed E-state index contributed by atoms with van der Waals surface area (Å²) in [5.41, 5.74) is 1.09. The Hall–Kier alpha value is -2.76. The van der Waals surface area contributed by atoms with E-state index in [1.54, 1.807) is 23.3 Å². The molecule has 3 rings (SSSR count). The van der Waals surface area contributed by atoms with Crippen LogP contribution in [0.4, 0.5) is 4.79 Å². The quantitative estimate of drug-likeness (QED) is 0.885. The minimum atomic E-state index is -0.291. The van der Waals surface area contributed by atoms with Crippen LogP contribution in [0.5, 0.6) is 0 Å². The maximum atomic E-state index is 12.1. The zero-order valence-electron chi connectivity index (χ0n) is 12.7. The average Bonchev–Trinajstić information content (AvgIpc) is 3.17. The normalized spacial score (nSPS) is 17.3. The molecular weight excluding hydrogens is 294 g/mol. The van der Waals surface area contributed by atoms with E-state index in [0.717, 1.165) is 5.56 Å². The van der Waals surface area contributed by atoms with Crippen LogP contribution in [-0.4, -0.2) is 29.4 Å². The van der Waals surface area contributed by atoms with Gasteiger partial charge in [0.05, 0.1) is 18.8 Å². The highest BCUT2D eigenvalue weighted by Gasteiger charge is 2.30. The van der Waals surface area contributed by atoms with Gasteiger partial charge in [-0.25, -0.2) is 4.79 Å². The van der Waals surface area contributed by atoms with Crippen molar-refractivity contribution in [3.05, 3.63) is 60.1 Å². The van der Waals surface area contributed by atoms with Crippen LogP contribution in [-0.2, 0) is 17.9 Å². The van der Waals surface area contributed by atoms with Crippen molar-refractivity contribution in [1.29, 1.82) is 0 Å². The van der Waals surface area contributed by atoms with Crippen molar-refractivity contribution in [2.75, 3.05) is 6.54 Å². The fourth-order valence-electron chi connectivity index (χ4n) is 2.64. The Morgan fingerprint density at radius 1 is 1.22 bits per heavy atom. The standard InChI is InChI=1S/C17H19N3O3/c21-16-9-14(12-20(16)11-13-5-2-1-3-6-13)19-17(22)18-10-15-7-4-8-23-15/h1-8,14H,9-12H2,(H2,18,19,22). The van der Waals surface area contributed by atoms with Gasteiger partial charge in [0.1, 0.15) is 5.76 Å². The Labute approximate surface area is 134 Å². The van der Waals surface area contributed by atoms with E-state index in [9.17, 15) is 9.59 Å². The first-order valence-corrected chi connectivity index (χ1v) is 7.59. The highest BCUT2D eigenvalue weighted by molar-refractivity contribution is 5.81. The van der Waals surface area contributed by atoms with E-state index in [-0.39, 0.29) is 18.0 Å². The Balaban J connectivity index is 1.46. The van der Waals surface area contributed by atoms with Gasteiger partial charge in [0.2, 0.25) is 5.91 Å². The van der Waals surface area contributed by atoms with E-state index >= 15 is 0 Å². The second kappa shape index (κ2) is 7.00. The van der Waals surface area contributed by atoms with Gasteiger partial charge in [-0.3, -0.25) is 4.79 Å². The van der Waals surface area contributed by atoms with Gasteiger partial charge in [-0.15, -0.1) is 0 Å². The van der Waals surface area contributed by atoms with Crippen LogP contribution in [0.3, 0.4) is 0 Å². The largest absolute Gasteiger partial charge is 0.467 e. The molecule has 0 spiro atoms. The summed E-state index contributed by atoms with van der Waals surface area (Å²) in [5.74, 6) is 0.749. The van der Waals surface area contributed by atoms with Gasteiger partial charge >= 0.3 is 6.03 Å². The summed E-state index contributed by atoms with van der Waals surface area (Å²) in [4.78, 5) is 25.7. The average molecular weight is 313 g/mol. The second-order valence-electron chi connectivity index (χ2n) is 5.57. The monoisotopic (exact) mass is 313 g/mol. The summed E-state index contributed by atoms with van der Waals surface area (Å²) in [6, 6.07) is 12.9. The van der Waals surface area contributed by atoms with Crippen molar-refractivity contribution in [2.24, 2.45) is 0 Å². The van der Waals surface area contributed by atoms with Crippen molar-refractivity contribution in [3.8, 4) is 0 Å². The number of furan rings is 1. The summed E-state index contributed by atoms with van der Waals surface area (Å²) >= 11 is 0. The number of hydrogen-bond donors (Lipinski definition) is 2. The first-order chi connectivity index (χ1) is 11.2. The number of carbonyl (C=O) groups excluding carboxylic acids is 2. The minimum Gasteiger partial charge on any atom is -0.467 e. The maximum Gasteiger partial charge on any atom is 0.315 e. The molecule has 1 atom stereocenters. The number of urea groups is 1. The molecule has 0 radical (unpaired) electrons. The first-order valence-electron chi connectivity index (χ1n) is 7.59. The van der Waals surface area contributed by atoms with Crippen LogP contribution in [0.1, 0.15) is 17.7 Å². The van der Waals surface area contributed by atoms with Crippen LogP contribution < -0.4 is 10.6 Å². The third-order valence-corrected chi connectivity index (χ3v) is 3.77. The van der Waals surface area contributed by atoms with Crippen molar-refractivity contribution in [3.63, 3.8) is 0 Å². The molecule has 1 fully saturated rings. The van der Waals surface area contributed by atoms with Gasteiger partial charge in [-0.05, 0) is 17.7 Å². The van der Waals surface area contributed by atoms with Crippen molar-refractivity contribution < 1.29 is 14.0 Å². The lowest BCUT2D eigenvalue weighted by Crippen LogP contribution is -2.42. The van der Waals surface area contributed by atoms with E-state index in [1.807, 2.05) is 30.3 Å². The summed E-state index contributed by atoms with van der Waals surface area (Å²) in [6.45, 7) is 1.43. The number of rotatable bonds is 5. The predicted molar refractivity (Wildman–Crippen MR) is 84.3 cm³/mol. The fraction of sp³-hybridized carbons (Fsp3) is 0.294. The van der Waals surface area contributed by atoms with Crippen molar-refractivity contribution >= 4 is 11.9 Å². The molecule has 0 aliphatic carbocycles. The number of benzene rings is 1. The van der Waals surface area contributed by atoms with Crippen LogP contribution in [0, 0.1) is 0 Å². The zero-order valence-corrected chi connectivity index (χ0v) is 12.7. The van der Waals surface area contributed by atoms with Crippen LogP contribution in [0.25, 0.3) is 0 Å². The van der Waals surface area contributed by atoms with Gasteiger partial charge in [0.25, 0.3) is 0 Å². The summed E-state index contributed by atoms with van der Waals surface area (Å²) in [5, 5.41) is 5.55. The van der Waals surface area contributed by atoms with Crippen molar-refractivity contribution in [1.82, 2.24) is 15.5 Å². The molecule has 0 bridgehead atoms. The molecule has 120 valence electrons. The molecule has 2 aromatic rings. The van der Waals surface area contributed by atoms with Crippen LogP contribution in [0.15, 0.2) is 53.1 Å². The zero-order chi connectivity index (χ0) is 16.1. The molecule has 3 amide bonds. The lowest BCUT2D eigenvalue weighted by molar-refractivity contribution is -0.128. The molecule has 0 saturated carbocycles. The Morgan fingerprint density at radius 2 is 2.04 bits per heavy atom. The molecule has 23 heavy (non-hydrogen) atoms. The molecule has 1 aliphatic rings. The summed E-state index contributed by atoms with van der Waals surface area (Å²) < 4.78 is 5.15. The Morgan fingerprint density at radius 3 is 2.78 bits per heavy atom. The molecule has 2 N–H and O–H groups in total. The predicted octanol–water partition coefficient (Wildman–Crippen LogP) is 1.88. The molecule has 1 unspecified atom stereocenters. The summed E-state index contributed by atoms with van der Waals surface area (Å²) in [7, 11) is 0. The number of nitrogens with one attached hydrogen (secondary N) is 2. The van der Waals surface area contributed by atoms with Crippen LogP contribution in [0.2, 0.25) is 0 Å². The third kappa shape index (κ3) is 4.12. The van der Waals surface area contributed by atoms with Crippen molar-refractivity contribution in [2.45, 2.75) is 25.6 Å². The van der Waals surface area contributed by atoms with Gasteiger partial charge in [0, 0.05) is 19.5 Å². The summed E-state index contributed by atoms with van der Waals surface area (Å²) in [6.07, 6.45) is 1.90. The number of carbonyl (C=O) groups is 2. The third-order valence-electron chi connectivity index (χ3n) is 3.77. The van der Waals surface area contributed by atoms with Crippen LogP contribution >= 0.6 is 0 Å². The SMILES string of the molecule is O=C(NCc1ccco1)NC1CC(=O)N(Cc2ccccc2)C1. The second-order valence-corrected chi connectivity index (χ2v) is 5.57. The van der Waals surface area contributed by atoms with Gasteiger partial charge in [-0.2, -0.15) is 0 Å². The molecule has 6 heteroatoms. The molecule has 1 aromatic heterocycles. The highest BCUT2D eigenvalue weighted by Crippen LogP contribution is 2.15. The number of hydrogen-bond acceptors (Lipinski definition) is 3. The Bertz CT molecular complexity index is 655. The lowest BCUT2D eigenvalue weighted by Gasteiger charge is -2.17. The molecule has 2 heterocycles. The Kier molecular flexibility index (Phi) is 4.61. The fourth-order valence-corrected chi connectivity index (χ4v) is 2.64. The highest BCUT2D eigenvalue weighted by atomic mass is 16.3. The number of amides is 3. The molecule has 1 aromatic carbocycles. The van der Waals surface area contributed by atoms with E-state index < -0.39 is 0 Å². The van der Waals surface area contributed by atoms with E-state index in [0.29, 0.717) is 31.8 Å².